The Balaban J connectivity index is 1.57. The van der Waals surface area contributed by atoms with Crippen LogP contribution >= 0.6 is 0 Å². The highest BCUT2D eigenvalue weighted by molar-refractivity contribution is 5.47. The van der Waals surface area contributed by atoms with Crippen molar-refractivity contribution in [2.45, 2.75) is 51.6 Å². The normalized spacial score (nSPS) is 17.8. The molecule has 3 aromatic carbocycles. The molecular formula is C29H23F7O. The molecule has 37 heavy (non-hydrogen) atoms. The van der Waals surface area contributed by atoms with Gasteiger partial charge in [-0.25, -0.2) is 22.0 Å². The van der Waals surface area contributed by atoms with E-state index in [1.807, 2.05) is 0 Å². The van der Waals surface area contributed by atoms with Crippen molar-refractivity contribution < 1.29 is 35.5 Å². The fourth-order valence-corrected chi connectivity index (χ4v) is 4.43. The van der Waals surface area contributed by atoms with E-state index in [0.717, 1.165) is 31.0 Å². The summed E-state index contributed by atoms with van der Waals surface area (Å²) in [5.74, 6) is -2.30. The quantitative estimate of drug-likeness (QED) is 0.248. The minimum absolute atomic E-state index is 0.142. The minimum Gasteiger partial charge on any atom is -0.429 e. The number of benzene rings is 3. The molecule has 0 aromatic heterocycles. The maximum Gasteiger partial charge on any atom is 0.432 e. The van der Waals surface area contributed by atoms with Crippen molar-refractivity contribution in [2.24, 2.45) is 5.92 Å². The topological polar surface area (TPSA) is 9.23 Å². The Morgan fingerprint density at radius 2 is 1.35 bits per heavy atom. The lowest BCUT2D eigenvalue weighted by atomic mass is 9.79. The van der Waals surface area contributed by atoms with Gasteiger partial charge in [0.15, 0.2) is 0 Å². The number of hydrogen-bond donors (Lipinski definition) is 0. The molecule has 1 aliphatic rings. The fourth-order valence-electron chi connectivity index (χ4n) is 4.43. The number of alkyl halides is 2. The predicted molar refractivity (Wildman–Crippen MR) is 125 cm³/mol. The van der Waals surface area contributed by atoms with Gasteiger partial charge in [0.1, 0.15) is 40.4 Å². The number of halogens is 7. The molecule has 0 radical (unpaired) electrons. The van der Waals surface area contributed by atoms with Gasteiger partial charge in [-0.2, -0.15) is 8.78 Å². The van der Waals surface area contributed by atoms with Crippen molar-refractivity contribution in [1.29, 1.82) is 0 Å². The first-order chi connectivity index (χ1) is 17.4. The molecule has 3 aromatic rings. The zero-order valence-corrected chi connectivity index (χ0v) is 20.1. The Kier molecular flexibility index (Phi) is 7.54. The van der Waals surface area contributed by atoms with Gasteiger partial charge in [-0.15, -0.1) is 0 Å². The molecular weight excluding hydrogens is 497 g/mol. The standard InChI is InChI=1S/C29H23F7O/c1-16-3-8-19(9-4-16)20-12-26(33)28(27(34)13-20)29(35,36)37-21-14-24(31)22(25(32)15-21)10-7-18-6-5-17(2)23(30)11-18/h5-6,11-16,19H,3-4,8-9H2,1-2H3. The third-order valence-electron chi connectivity index (χ3n) is 6.61. The van der Waals surface area contributed by atoms with Crippen molar-refractivity contribution in [1.82, 2.24) is 0 Å². The Bertz CT molecular complexity index is 1330. The highest BCUT2D eigenvalue weighted by Gasteiger charge is 2.42. The molecule has 1 saturated carbocycles. The lowest BCUT2D eigenvalue weighted by Gasteiger charge is -2.27. The van der Waals surface area contributed by atoms with Crippen LogP contribution in [0.15, 0.2) is 42.5 Å². The van der Waals surface area contributed by atoms with Crippen molar-refractivity contribution >= 4 is 0 Å². The van der Waals surface area contributed by atoms with E-state index in [2.05, 4.69) is 23.5 Å². The molecule has 0 heterocycles. The van der Waals surface area contributed by atoms with Crippen LogP contribution in [0.3, 0.4) is 0 Å². The van der Waals surface area contributed by atoms with Crippen LogP contribution in [0.5, 0.6) is 5.75 Å². The van der Waals surface area contributed by atoms with Crippen LogP contribution < -0.4 is 4.74 Å². The minimum atomic E-state index is -4.56. The van der Waals surface area contributed by atoms with E-state index in [1.54, 1.807) is 0 Å². The monoisotopic (exact) mass is 520 g/mol. The third-order valence-corrected chi connectivity index (χ3v) is 6.61. The number of ether oxygens (including phenoxy) is 1. The smallest absolute Gasteiger partial charge is 0.429 e. The molecule has 0 spiro atoms. The second-order valence-electron chi connectivity index (χ2n) is 9.41. The lowest BCUT2D eigenvalue weighted by molar-refractivity contribution is -0.189. The third kappa shape index (κ3) is 5.93. The summed E-state index contributed by atoms with van der Waals surface area (Å²) in [5, 5.41) is 0. The van der Waals surface area contributed by atoms with Gasteiger partial charge in [-0.05, 0) is 67.0 Å². The first kappa shape index (κ1) is 26.6. The molecule has 8 heteroatoms. The summed E-state index contributed by atoms with van der Waals surface area (Å²) in [7, 11) is 0. The average Bonchev–Trinajstić information content (AvgIpc) is 2.80. The van der Waals surface area contributed by atoms with Gasteiger partial charge in [-0.1, -0.05) is 37.7 Å². The predicted octanol–water partition coefficient (Wildman–Crippen LogP) is 8.51. The van der Waals surface area contributed by atoms with E-state index in [1.165, 1.54) is 19.1 Å². The Morgan fingerprint density at radius 3 is 1.92 bits per heavy atom. The van der Waals surface area contributed by atoms with Gasteiger partial charge >= 0.3 is 6.11 Å². The maximum atomic E-state index is 14.8. The molecule has 1 nitrogen and oxygen atoms in total. The molecule has 0 aliphatic heterocycles. The van der Waals surface area contributed by atoms with Crippen LogP contribution in [0, 0.1) is 53.8 Å². The summed E-state index contributed by atoms with van der Waals surface area (Å²) >= 11 is 0. The highest BCUT2D eigenvalue weighted by atomic mass is 19.3. The zero-order valence-electron chi connectivity index (χ0n) is 20.1. The molecule has 0 unspecified atom stereocenters. The highest BCUT2D eigenvalue weighted by Crippen LogP contribution is 2.40. The zero-order chi connectivity index (χ0) is 26.9. The van der Waals surface area contributed by atoms with Crippen LogP contribution in [-0.2, 0) is 6.11 Å². The molecule has 1 aliphatic carbocycles. The molecule has 1 fully saturated rings. The van der Waals surface area contributed by atoms with Gasteiger partial charge in [0.05, 0.1) is 5.56 Å². The van der Waals surface area contributed by atoms with Crippen molar-refractivity contribution in [3.63, 3.8) is 0 Å². The van der Waals surface area contributed by atoms with Crippen molar-refractivity contribution in [3.8, 4) is 17.6 Å². The summed E-state index contributed by atoms with van der Waals surface area (Å²) in [6.07, 6.45) is -1.43. The Labute approximate surface area is 210 Å². The van der Waals surface area contributed by atoms with Crippen LogP contribution in [0.4, 0.5) is 30.7 Å². The first-order valence-electron chi connectivity index (χ1n) is 11.8. The lowest BCUT2D eigenvalue weighted by Crippen LogP contribution is -2.26. The molecule has 0 N–H and O–H groups in total. The van der Waals surface area contributed by atoms with Crippen molar-refractivity contribution in [2.75, 3.05) is 0 Å². The second-order valence-corrected chi connectivity index (χ2v) is 9.41. The van der Waals surface area contributed by atoms with Crippen LogP contribution in [0.2, 0.25) is 0 Å². The van der Waals surface area contributed by atoms with Gasteiger partial charge in [0.2, 0.25) is 0 Å². The molecule has 194 valence electrons. The van der Waals surface area contributed by atoms with Crippen LogP contribution in [0.1, 0.15) is 66.3 Å². The number of aryl methyl sites for hydroxylation is 1. The Hall–Kier alpha value is -3.47. The number of rotatable bonds is 4. The summed E-state index contributed by atoms with van der Waals surface area (Å²) in [6, 6.07) is 6.57. The summed E-state index contributed by atoms with van der Waals surface area (Å²) < 4.78 is 106. The van der Waals surface area contributed by atoms with E-state index in [0.29, 0.717) is 36.5 Å². The molecule has 4 rings (SSSR count). The van der Waals surface area contributed by atoms with E-state index in [-0.39, 0.29) is 17.0 Å². The largest absolute Gasteiger partial charge is 0.432 e. The van der Waals surface area contributed by atoms with Gasteiger partial charge < -0.3 is 4.74 Å². The van der Waals surface area contributed by atoms with Crippen LogP contribution in [0.25, 0.3) is 0 Å². The Morgan fingerprint density at radius 1 is 0.757 bits per heavy atom. The van der Waals surface area contributed by atoms with E-state index in [4.69, 9.17) is 0 Å². The van der Waals surface area contributed by atoms with E-state index < -0.39 is 52.1 Å². The fraction of sp³-hybridized carbons (Fsp3) is 0.310. The SMILES string of the molecule is Cc1ccc(C#Cc2c(F)cc(OC(F)(F)c3c(F)cc(C4CCC(C)CC4)cc3F)cc2F)cc1F. The van der Waals surface area contributed by atoms with Gasteiger partial charge in [-0.3, -0.25) is 0 Å². The van der Waals surface area contributed by atoms with Crippen molar-refractivity contribution in [3.05, 3.63) is 99.4 Å². The average molecular weight is 520 g/mol. The maximum absolute atomic E-state index is 14.8. The molecule has 0 bridgehead atoms. The second kappa shape index (κ2) is 10.5. The van der Waals surface area contributed by atoms with E-state index in [9.17, 15) is 30.7 Å². The number of hydrogen-bond acceptors (Lipinski definition) is 1. The van der Waals surface area contributed by atoms with Gasteiger partial charge in [0.25, 0.3) is 0 Å². The van der Waals surface area contributed by atoms with Gasteiger partial charge in [0, 0.05) is 17.7 Å². The molecule has 0 saturated heterocycles. The molecule has 0 amide bonds. The summed E-state index contributed by atoms with van der Waals surface area (Å²) in [6.45, 7) is 3.61. The van der Waals surface area contributed by atoms with Crippen LogP contribution in [-0.4, -0.2) is 0 Å². The summed E-state index contributed by atoms with van der Waals surface area (Å²) in [4.78, 5) is 0. The summed E-state index contributed by atoms with van der Waals surface area (Å²) in [5.41, 5.74) is -1.62. The first-order valence-corrected chi connectivity index (χ1v) is 11.8. The van der Waals surface area contributed by atoms with E-state index >= 15 is 0 Å². The molecule has 0 atom stereocenters.